The Balaban J connectivity index is 2.02. The molecule has 0 saturated heterocycles. The molecule has 4 aromatic rings. The predicted octanol–water partition coefficient (Wildman–Crippen LogP) is 9.38. The lowest BCUT2D eigenvalue weighted by Gasteiger charge is -2.50. The lowest BCUT2D eigenvalue weighted by Crippen LogP contribution is -2.43. The van der Waals surface area contributed by atoms with E-state index in [1.165, 1.54) is 11.1 Å². The zero-order valence-electron chi connectivity index (χ0n) is 20.1. The predicted molar refractivity (Wildman–Crippen MR) is 168 cm³/mol. The molecule has 4 rings (SSSR count). The van der Waals surface area contributed by atoms with Gasteiger partial charge in [-0.3, -0.25) is 0 Å². The molecule has 0 aromatic heterocycles. The summed E-state index contributed by atoms with van der Waals surface area (Å²) >= 11 is 20.5. The van der Waals surface area contributed by atoms with Crippen LogP contribution >= 0.6 is 50.5 Å². The van der Waals surface area contributed by atoms with Gasteiger partial charge in [0, 0.05) is 21.7 Å². The number of thiol groups is 4. The number of rotatable bonds is 11. The maximum Gasteiger partial charge on any atom is 0.0570 e. The molecule has 0 nitrogen and oxygen atoms in total. The van der Waals surface area contributed by atoms with Gasteiger partial charge in [0.2, 0.25) is 0 Å². The maximum absolute atomic E-state index is 5.44. The molecule has 4 heteroatoms. The van der Waals surface area contributed by atoms with E-state index < -0.39 is 5.41 Å². The van der Waals surface area contributed by atoms with Crippen LogP contribution in [0.2, 0.25) is 0 Å². The van der Waals surface area contributed by atoms with Crippen LogP contribution in [0.1, 0.15) is 51.5 Å². The fourth-order valence-corrected chi connectivity index (χ4v) is 7.07. The molecule has 0 bridgehead atoms. The average molecular weight is 545 g/mol. The first kappa shape index (κ1) is 27.3. The van der Waals surface area contributed by atoms with Crippen LogP contribution in [0.5, 0.6) is 0 Å². The first-order valence-corrected chi connectivity index (χ1v) is 14.2. The molecule has 36 heavy (non-hydrogen) atoms. The highest BCUT2D eigenvalue weighted by molar-refractivity contribution is 7.87. The van der Waals surface area contributed by atoms with E-state index in [-0.39, 0.29) is 16.4 Å². The van der Waals surface area contributed by atoms with Crippen molar-refractivity contribution in [2.24, 2.45) is 0 Å². The standard InChI is InChI=1S/C32H32S4/c33-23-13-22-28(24-14-5-1-6-15-24)32(27-20-11-4-12-21-27,30(35)26-18-9-3-10-19-26)31(36)29(34)25-16-7-2-8-17-25/h1-12,14-21,23,28-30,33-36H,13,22H2. The Bertz CT molecular complexity index is 1170. The van der Waals surface area contributed by atoms with Crippen LogP contribution < -0.4 is 0 Å². The monoisotopic (exact) mass is 544 g/mol. The van der Waals surface area contributed by atoms with E-state index in [9.17, 15) is 0 Å². The highest BCUT2D eigenvalue weighted by Crippen LogP contribution is 2.62. The number of hydrogen-bond donors (Lipinski definition) is 4. The Morgan fingerprint density at radius 2 is 1.08 bits per heavy atom. The lowest BCUT2D eigenvalue weighted by atomic mass is 9.59. The molecule has 2 radical (unpaired) electrons. The summed E-state index contributed by atoms with van der Waals surface area (Å²) in [4.78, 5) is 0. The van der Waals surface area contributed by atoms with Crippen molar-refractivity contribution in [3.63, 3.8) is 0 Å². The minimum Gasteiger partial charge on any atom is -0.175 e. The highest BCUT2D eigenvalue weighted by atomic mass is 32.1. The van der Waals surface area contributed by atoms with E-state index in [0.29, 0.717) is 0 Å². The number of benzene rings is 4. The molecule has 184 valence electrons. The summed E-state index contributed by atoms with van der Waals surface area (Å²) in [6.07, 6.45) is 1.75. The van der Waals surface area contributed by atoms with Crippen LogP contribution in [-0.4, -0.2) is 0 Å². The van der Waals surface area contributed by atoms with Gasteiger partial charge in [-0.15, -0.1) is 0 Å². The van der Waals surface area contributed by atoms with Gasteiger partial charge >= 0.3 is 0 Å². The van der Waals surface area contributed by atoms with Crippen molar-refractivity contribution in [3.05, 3.63) is 155 Å². The summed E-state index contributed by atoms with van der Waals surface area (Å²) in [5.74, 6) is 2.04. The SMILES string of the molecule is S[CH]CCC(c1ccccc1)C([C](S)C(S)c1ccccc1)(c1ccccc1)C(S)c1ccccc1. The molecule has 4 aromatic carbocycles. The minimum atomic E-state index is -0.574. The van der Waals surface area contributed by atoms with Gasteiger partial charge < -0.3 is 0 Å². The summed E-state index contributed by atoms with van der Waals surface area (Å²) in [6.45, 7) is 0. The van der Waals surface area contributed by atoms with E-state index in [1.54, 1.807) is 0 Å². The molecule has 0 fully saturated rings. The largest absolute Gasteiger partial charge is 0.175 e. The number of hydrogen-bond acceptors (Lipinski definition) is 4. The van der Waals surface area contributed by atoms with Crippen molar-refractivity contribution in [2.75, 3.05) is 0 Å². The summed E-state index contributed by atoms with van der Waals surface area (Å²) in [7, 11) is 0. The Hall–Kier alpha value is -1.72. The van der Waals surface area contributed by atoms with Crippen molar-refractivity contribution in [2.45, 2.75) is 34.7 Å². The van der Waals surface area contributed by atoms with E-state index in [4.69, 9.17) is 37.9 Å². The zero-order valence-corrected chi connectivity index (χ0v) is 23.6. The Morgan fingerprint density at radius 3 is 1.58 bits per heavy atom. The molecule has 0 N–H and O–H groups in total. The van der Waals surface area contributed by atoms with Crippen LogP contribution in [0, 0.1) is 11.0 Å². The Morgan fingerprint density at radius 1 is 0.639 bits per heavy atom. The second-order valence-electron chi connectivity index (χ2n) is 8.97. The fourth-order valence-electron chi connectivity index (χ4n) is 5.23. The third-order valence-corrected chi connectivity index (χ3v) is 9.28. The molecule has 4 unspecified atom stereocenters. The molecule has 0 saturated carbocycles. The smallest absolute Gasteiger partial charge is 0.0570 e. The molecular weight excluding hydrogens is 513 g/mol. The van der Waals surface area contributed by atoms with Crippen LogP contribution in [-0.2, 0) is 5.41 Å². The molecule has 0 heterocycles. The minimum absolute atomic E-state index is 0.0815. The molecule has 0 aliphatic rings. The van der Waals surface area contributed by atoms with Gasteiger partial charge in [0.25, 0.3) is 0 Å². The van der Waals surface area contributed by atoms with Crippen LogP contribution in [0.3, 0.4) is 0 Å². The van der Waals surface area contributed by atoms with Crippen molar-refractivity contribution in [3.8, 4) is 0 Å². The van der Waals surface area contributed by atoms with Gasteiger partial charge in [-0.1, -0.05) is 121 Å². The molecule has 0 spiro atoms. The van der Waals surface area contributed by atoms with E-state index in [2.05, 4.69) is 128 Å². The first-order valence-electron chi connectivity index (χ1n) is 12.2. The van der Waals surface area contributed by atoms with Crippen molar-refractivity contribution < 1.29 is 0 Å². The normalized spacial score (nSPS) is 15.7. The van der Waals surface area contributed by atoms with Gasteiger partial charge in [-0.2, -0.15) is 50.5 Å². The van der Waals surface area contributed by atoms with Gasteiger partial charge in [-0.05, 0) is 41.0 Å². The lowest BCUT2D eigenvalue weighted by molar-refractivity contribution is 0.351. The van der Waals surface area contributed by atoms with E-state index >= 15 is 0 Å². The molecule has 4 atom stereocenters. The third kappa shape index (κ3) is 5.72. The maximum atomic E-state index is 5.44. The fraction of sp³-hybridized carbons (Fsp3) is 0.188. The van der Waals surface area contributed by atoms with Crippen molar-refractivity contribution in [1.82, 2.24) is 0 Å². The van der Waals surface area contributed by atoms with Gasteiger partial charge in [0.05, 0.1) is 5.25 Å². The van der Waals surface area contributed by atoms with E-state index in [0.717, 1.165) is 29.2 Å². The second-order valence-corrected chi connectivity index (χ2v) is 10.8. The van der Waals surface area contributed by atoms with Gasteiger partial charge in [-0.25, -0.2) is 0 Å². The van der Waals surface area contributed by atoms with Crippen LogP contribution in [0.15, 0.2) is 121 Å². The molecule has 0 aliphatic heterocycles. The van der Waals surface area contributed by atoms with Crippen LogP contribution in [0.4, 0.5) is 0 Å². The first-order chi connectivity index (χ1) is 17.6. The quantitative estimate of drug-likeness (QED) is 0.133. The van der Waals surface area contributed by atoms with Crippen LogP contribution in [0.25, 0.3) is 0 Å². The molecule has 0 aliphatic carbocycles. The van der Waals surface area contributed by atoms with Gasteiger partial charge in [0.1, 0.15) is 0 Å². The van der Waals surface area contributed by atoms with Gasteiger partial charge in [0.15, 0.2) is 0 Å². The Kier molecular flexibility index (Phi) is 10.0. The average Bonchev–Trinajstić information content (AvgIpc) is 2.96. The molecule has 0 amide bonds. The Labute approximate surface area is 238 Å². The zero-order chi connectivity index (χ0) is 25.4. The topological polar surface area (TPSA) is 0 Å². The third-order valence-electron chi connectivity index (χ3n) is 6.93. The second kappa shape index (κ2) is 13.2. The van der Waals surface area contributed by atoms with Crippen molar-refractivity contribution >= 4 is 50.5 Å². The summed E-state index contributed by atoms with van der Waals surface area (Å²) in [6, 6.07) is 42.4. The molecular formula is C32H32S4. The van der Waals surface area contributed by atoms with Crippen molar-refractivity contribution in [1.29, 1.82) is 0 Å². The summed E-state index contributed by atoms with van der Waals surface area (Å²) in [5, 5.41) is 0.622. The van der Waals surface area contributed by atoms with E-state index in [1.807, 2.05) is 11.8 Å². The summed E-state index contributed by atoms with van der Waals surface area (Å²) in [5.41, 5.74) is 4.14. The highest BCUT2D eigenvalue weighted by Gasteiger charge is 2.53. The summed E-state index contributed by atoms with van der Waals surface area (Å²) < 4.78 is 0.